The van der Waals surface area contributed by atoms with Gasteiger partial charge in [-0.3, -0.25) is 4.79 Å². The molecule has 1 aromatic heterocycles. The summed E-state index contributed by atoms with van der Waals surface area (Å²) >= 11 is 5.74. The van der Waals surface area contributed by atoms with Gasteiger partial charge in [0.15, 0.2) is 16.6 Å². The molecular formula is C26H31N3O4S. The van der Waals surface area contributed by atoms with Gasteiger partial charge in [0.1, 0.15) is 0 Å². The van der Waals surface area contributed by atoms with Gasteiger partial charge >= 0.3 is 0 Å². The van der Waals surface area contributed by atoms with Gasteiger partial charge in [-0.2, -0.15) is 0 Å². The molecule has 7 nitrogen and oxygen atoms in total. The number of H-pyrrole nitrogens is 1. The first-order valence-corrected chi connectivity index (χ1v) is 12.0. The molecule has 1 aliphatic heterocycles. The van der Waals surface area contributed by atoms with Gasteiger partial charge in [0, 0.05) is 37.3 Å². The van der Waals surface area contributed by atoms with E-state index in [0.29, 0.717) is 43.5 Å². The van der Waals surface area contributed by atoms with Gasteiger partial charge in [0.05, 0.1) is 12.1 Å². The summed E-state index contributed by atoms with van der Waals surface area (Å²) in [6.45, 7) is 9.25. The number of aromatic nitrogens is 1. The van der Waals surface area contributed by atoms with Crippen LogP contribution in [0.5, 0.6) is 11.5 Å². The predicted octanol–water partition coefficient (Wildman–Crippen LogP) is 4.18. The van der Waals surface area contributed by atoms with E-state index >= 15 is 0 Å². The second kappa shape index (κ2) is 10.9. The van der Waals surface area contributed by atoms with Gasteiger partial charge in [-0.1, -0.05) is 18.2 Å². The molecule has 0 spiro atoms. The molecule has 0 bridgehead atoms. The van der Waals surface area contributed by atoms with Crippen LogP contribution in [0.1, 0.15) is 35.6 Å². The number of fused-ring (bicyclic) bond motifs is 2. The largest absolute Gasteiger partial charge is 0.454 e. The van der Waals surface area contributed by atoms with Crippen LogP contribution in [0, 0.1) is 13.8 Å². The van der Waals surface area contributed by atoms with E-state index in [4.69, 9.17) is 26.4 Å². The number of hydrogen-bond acceptors (Lipinski definition) is 5. The number of thiocarbonyl (C=S) groups is 1. The molecule has 0 saturated heterocycles. The van der Waals surface area contributed by atoms with E-state index in [1.807, 2.05) is 49.1 Å². The van der Waals surface area contributed by atoms with Crippen molar-refractivity contribution in [2.75, 3.05) is 26.6 Å². The van der Waals surface area contributed by atoms with Crippen LogP contribution in [-0.2, 0) is 17.8 Å². The number of nitrogens with zero attached hydrogens (tertiary/aromatic N) is 1. The Morgan fingerprint density at radius 2 is 1.91 bits per heavy atom. The highest BCUT2D eigenvalue weighted by molar-refractivity contribution is 7.80. The Morgan fingerprint density at radius 3 is 2.74 bits per heavy atom. The van der Waals surface area contributed by atoms with Crippen molar-refractivity contribution in [2.24, 2.45) is 0 Å². The van der Waals surface area contributed by atoms with Gasteiger partial charge in [0.25, 0.3) is 5.56 Å². The maximum atomic E-state index is 13.0. The third-order valence-electron chi connectivity index (χ3n) is 5.93. The minimum absolute atomic E-state index is 0.101. The normalized spacial score (nSPS) is 12.2. The lowest BCUT2D eigenvalue weighted by Crippen LogP contribution is -2.40. The fourth-order valence-electron chi connectivity index (χ4n) is 4.03. The molecule has 1 aliphatic rings. The summed E-state index contributed by atoms with van der Waals surface area (Å²) in [5.74, 6) is 1.46. The van der Waals surface area contributed by atoms with Crippen LogP contribution in [-0.4, -0.2) is 41.5 Å². The molecule has 2 N–H and O–H groups in total. The Morgan fingerprint density at radius 1 is 1.12 bits per heavy atom. The molecule has 4 rings (SSSR count). The van der Waals surface area contributed by atoms with E-state index in [9.17, 15) is 4.79 Å². The first kappa shape index (κ1) is 24.0. The molecule has 0 saturated carbocycles. The number of rotatable bonds is 9. The number of pyridine rings is 1. The van der Waals surface area contributed by atoms with Gasteiger partial charge in [-0.25, -0.2) is 0 Å². The molecule has 2 aromatic carbocycles. The topological polar surface area (TPSA) is 75.8 Å². The molecule has 0 radical (unpaired) electrons. The average molecular weight is 482 g/mol. The minimum atomic E-state index is -0.101. The van der Waals surface area contributed by atoms with Crippen LogP contribution in [0.15, 0.2) is 41.2 Å². The lowest BCUT2D eigenvalue weighted by Gasteiger charge is -2.26. The summed E-state index contributed by atoms with van der Waals surface area (Å²) in [7, 11) is 0. The lowest BCUT2D eigenvalue weighted by molar-refractivity contribution is 0.145. The first-order chi connectivity index (χ1) is 16.5. The minimum Gasteiger partial charge on any atom is -0.454 e. The quantitative estimate of drug-likeness (QED) is 0.351. The van der Waals surface area contributed by atoms with Crippen molar-refractivity contribution in [1.82, 2.24) is 15.2 Å². The SMILES string of the molecule is CCOCCCNC(=S)N(Cc1ccc2c(c1)OCO2)Cc1cc2c(C)ccc(C)c2[nH]c1=O. The van der Waals surface area contributed by atoms with Gasteiger partial charge in [0.2, 0.25) is 6.79 Å². The standard InChI is InChI=1S/C26H31N3O4S/c1-4-31-11-5-10-27-26(34)29(14-19-8-9-22-23(12-19)33-16-32-22)15-20-13-21-17(2)6-7-18(3)24(21)28-25(20)30/h6-9,12-13H,4-5,10-11,14-16H2,1-3H3,(H,27,34)(H,28,30). The van der Waals surface area contributed by atoms with E-state index in [1.165, 1.54) is 0 Å². The van der Waals surface area contributed by atoms with Gasteiger partial charge < -0.3 is 29.4 Å². The highest BCUT2D eigenvalue weighted by Gasteiger charge is 2.18. The van der Waals surface area contributed by atoms with Crippen LogP contribution in [0.3, 0.4) is 0 Å². The van der Waals surface area contributed by atoms with E-state index < -0.39 is 0 Å². The third-order valence-corrected chi connectivity index (χ3v) is 6.33. The smallest absolute Gasteiger partial charge is 0.253 e. The van der Waals surface area contributed by atoms with Crippen LogP contribution in [0.25, 0.3) is 10.9 Å². The Kier molecular flexibility index (Phi) is 7.70. The average Bonchev–Trinajstić information content (AvgIpc) is 3.29. The van der Waals surface area contributed by atoms with Crippen molar-refractivity contribution in [1.29, 1.82) is 0 Å². The molecule has 2 heterocycles. The van der Waals surface area contributed by atoms with Crippen LogP contribution >= 0.6 is 12.2 Å². The third kappa shape index (κ3) is 5.51. The van der Waals surface area contributed by atoms with Crippen LogP contribution in [0.4, 0.5) is 0 Å². The maximum absolute atomic E-state index is 13.0. The molecular weight excluding hydrogens is 450 g/mol. The van der Waals surface area contributed by atoms with Crippen molar-refractivity contribution in [3.8, 4) is 11.5 Å². The van der Waals surface area contributed by atoms with E-state index in [0.717, 1.165) is 45.5 Å². The number of hydrogen-bond donors (Lipinski definition) is 2. The monoisotopic (exact) mass is 481 g/mol. The van der Waals surface area contributed by atoms with Crippen molar-refractivity contribution in [3.05, 3.63) is 69.0 Å². The zero-order valence-electron chi connectivity index (χ0n) is 19.9. The summed E-state index contributed by atoms with van der Waals surface area (Å²) in [6.07, 6.45) is 0.848. The van der Waals surface area contributed by atoms with Crippen LogP contribution in [0.2, 0.25) is 0 Å². The summed E-state index contributed by atoms with van der Waals surface area (Å²) in [4.78, 5) is 18.1. The Labute approximate surface area is 205 Å². The van der Waals surface area contributed by atoms with E-state index in [1.54, 1.807) is 0 Å². The predicted molar refractivity (Wildman–Crippen MR) is 138 cm³/mol. The highest BCUT2D eigenvalue weighted by atomic mass is 32.1. The Hall–Kier alpha value is -3.10. The number of nitrogens with one attached hydrogen (secondary N) is 2. The highest BCUT2D eigenvalue weighted by Crippen LogP contribution is 2.33. The molecule has 0 fully saturated rings. The molecule has 0 unspecified atom stereocenters. The second-order valence-corrected chi connectivity index (χ2v) is 8.82. The molecule has 0 atom stereocenters. The van der Waals surface area contributed by atoms with E-state index in [2.05, 4.69) is 23.3 Å². The molecule has 180 valence electrons. The van der Waals surface area contributed by atoms with E-state index in [-0.39, 0.29) is 12.4 Å². The summed E-state index contributed by atoms with van der Waals surface area (Å²) in [6, 6.07) is 12.0. The van der Waals surface area contributed by atoms with Crippen molar-refractivity contribution in [3.63, 3.8) is 0 Å². The summed E-state index contributed by atoms with van der Waals surface area (Å²) < 4.78 is 16.4. The fraction of sp³-hybridized carbons (Fsp3) is 0.385. The lowest BCUT2D eigenvalue weighted by atomic mass is 10.0. The van der Waals surface area contributed by atoms with Gasteiger partial charge in [-0.05, 0) is 74.3 Å². The zero-order chi connectivity index (χ0) is 24.1. The van der Waals surface area contributed by atoms with Crippen molar-refractivity contribution < 1.29 is 14.2 Å². The number of aromatic amines is 1. The molecule has 0 amide bonds. The second-order valence-electron chi connectivity index (χ2n) is 8.44. The Balaban J connectivity index is 1.58. The van der Waals surface area contributed by atoms with Crippen molar-refractivity contribution >= 4 is 28.2 Å². The zero-order valence-corrected chi connectivity index (χ0v) is 20.7. The summed E-state index contributed by atoms with van der Waals surface area (Å²) in [5, 5.41) is 4.96. The maximum Gasteiger partial charge on any atom is 0.253 e. The fourth-order valence-corrected chi connectivity index (χ4v) is 4.26. The summed E-state index contributed by atoms with van der Waals surface area (Å²) in [5.41, 5.74) is 4.64. The number of benzene rings is 2. The Bertz CT molecular complexity index is 1240. The molecule has 8 heteroatoms. The number of ether oxygens (including phenoxy) is 3. The molecule has 0 aliphatic carbocycles. The number of aryl methyl sites for hydroxylation is 2. The molecule has 3 aromatic rings. The first-order valence-electron chi connectivity index (χ1n) is 11.6. The van der Waals surface area contributed by atoms with Crippen molar-refractivity contribution in [2.45, 2.75) is 40.3 Å². The molecule has 34 heavy (non-hydrogen) atoms. The van der Waals surface area contributed by atoms with Gasteiger partial charge in [-0.15, -0.1) is 0 Å². The van der Waals surface area contributed by atoms with Crippen LogP contribution < -0.4 is 20.3 Å².